The van der Waals surface area contributed by atoms with E-state index < -0.39 is 0 Å². The van der Waals surface area contributed by atoms with Crippen LogP contribution in [0.3, 0.4) is 0 Å². The Balaban J connectivity index is 1.95. The predicted octanol–water partition coefficient (Wildman–Crippen LogP) is 2.30. The lowest BCUT2D eigenvalue weighted by Gasteiger charge is -2.06. The first-order valence-electron chi connectivity index (χ1n) is 5.70. The van der Waals surface area contributed by atoms with Gasteiger partial charge in [-0.1, -0.05) is 24.4 Å². The molecule has 0 fully saturated rings. The maximum atomic E-state index is 5.56. The molecule has 98 valence electrons. The standard InChI is InChI=1S/C14H14N2O2S/c1-17-12-5-2-10(3-6-12)9-18-13-7-4-11(8-16-13)14(15)19/h2-8H,9H2,1H3,(H2,15,19). The lowest BCUT2D eigenvalue weighted by atomic mass is 10.2. The number of thiocarbonyl (C=S) groups is 1. The van der Waals surface area contributed by atoms with Crippen molar-refractivity contribution in [2.24, 2.45) is 5.73 Å². The SMILES string of the molecule is COc1ccc(COc2ccc(C(N)=S)cn2)cc1. The van der Waals surface area contributed by atoms with Crippen LogP contribution in [0.4, 0.5) is 0 Å². The Kier molecular flexibility index (Phi) is 4.30. The van der Waals surface area contributed by atoms with Crippen molar-refractivity contribution in [1.29, 1.82) is 0 Å². The van der Waals surface area contributed by atoms with E-state index in [9.17, 15) is 0 Å². The number of nitrogens with zero attached hydrogens (tertiary/aromatic N) is 1. The molecule has 0 bridgehead atoms. The van der Waals surface area contributed by atoms with Crippen LogP contribution in [0.15, 0.2) is 42.6 Å². The molecule has 0 aliphatic heterocycles. The van der Waals surface area contributed by atoms with E-state index in [1.807, 2.05) is 24.3 Å². The third-order valence-electron chi connectivity index (χ3n) is 2.57. The minimum atomic E-state index is 0.328. The summed E-state index contributed by atoms with van der Waals surface area (Å²) < 4.78 is 10.7. The second kappa shape index (κ2) is 6.15. The van der Waals surface area contributed by atoms with E-state index in [0.717, 1.165) is 16.9 Å². The van der Waals surface area contributed by atoms with Crippen LogP contribution in [-0.2, 0) is 6.61 Å². The van der Waals surface area contributed by atoms with Crippen molar-refractivity contribution in [3.05, 3.63) is 53.7 Å². The van der Waals surface area contributed by atoms with Gasteiger partial charge in [-0.05, 0) is 23.8 Å². The van der Waals surface area contributed by atoms with Crippen molar-refractivity contribution in [3.63, 3.8) is 0 Å². The molecule has 4 nitrogen and oxygen atoms in total. The zero-order valence-corrected chi connectivity index (χ0v) is 11.3. The topological polar surface area (TPSA) is 57.4 Å². The zero-order valence-electron chi connectivity index (χ0n) is 10.5. The second-order valence-electron chi connectivity index (χ2n) is 3.89. The summed E-state index contributed by atoms with van der Waals surface area (Å²) in [6.07, 6.45) is 1.60. The molecule has 1 aromatic heterocycles. The molecule has 0 atom stereocenters. The molecular weight excluding hydrogens is 260 g/mol. The van der Waals surface area contributed by atoms with E-state index >= 15 is 0 Å². The van der Waals surface area contributed by atoms with Gasteiger partial charge < -0.3 is 15.2 Å². The fourth-order valence-corrected chi connectivity index (χ4v) is 1.61. The molecule has 0 saturated heterocycles. The summed E-state index contributed by atoms with van der Waals surface area (Å²) in [7, 11) is 1.64. The third kappa shape index (κ3) is 3.66. The van der Waals surface area contributed by atoms with Gasteiger partial charge in [-0.25, -0.2) is 4.98 Å². The minimum absolute atomic E-state index is 0.328. The quantitative estimate of drug-likeness (QED) is 0.848. The molecule has 2 rings (SSSR count). The van der Waals surface area contributed by atoms with Gasteiger partial charge in [0, 0.05) is 17.8 Å². The fourth-order valence-electron chi connectivity index (χ4n) is 1.49. The summed E-state index contributed by atoms with van der Waals surface area (Å²) in [6.45, 7) is 0.448. The molecule has 0 amide bonds. The Hall–Kier alpha value is -2.14. The maximum absolute atomic E-state index is 5.56. The molecule has 0 saturated carbocycles. The number of benzene rings is 1. The van der Waals surface area contributed by atoms with Crippen molar-refractivity contribution in [3.8, 4) is 11.6 Å². The van der Waals surface area contributed by atoms with Crippen molar-refractivity contribution >= 4 is 17.2 Å². The first kappa shape index (κ1) is 13.3. The van der Waals surface area contributed by atoms with Crippen LogP contribution in [0, 0.1) is 0 Å². The molecule has 1 aromatic carbocycles. The average molecular weight is 274 g/mol. The van der Waals surface area contributed by atoms with Gasteiger partial charge in [0.2, 0.25) is 5.88 Å². The molecule has 0 aliphatic rings. The highest BCUT2D eigenvalue weighted by atomic mass is 32.1. The highest BCUT2D eigenvalue weighted by molar-refractivity contribution is 7.80. The molecule has 0 spiro atoms. The molecule has 2 N–H and O–H groups in total. The summed E-state index contributed by atoms with van der Waals surface area (Å²) in [5.41, 5.74) is 7.27. The van der Waals surface area contributed by atoms with E-state index in [2.05, 4.69) is 4.98 Å². The number of hydrogen-bond donors (Lipinski definition) is 1. The van der Waals surface area contributed by atoms with Gasteiger partial charge in [0.25, 0.3) is 0 Å². The van der Waals surface area contributed by atoms with Crippen molar-refractivity contribution in [2.45, 2.75) is 6.61 Å². The summed E-state index contributed by atoms with van der Waals surface area (Å²) in [5, 5.41) is 0. The number of methoxy groups -OCH3 is 1. The summed E-state index contributed by atoms with van der Waals surface area (Å²) in [5.74, 6) is 1.36. The van der Waals surface area contributed by atoms with E-state index in [4.69, 9.17) is 27.4 Å². The van der Waals surface area contributed by atoms with Gasteiger partial charge >= 0.3 is 0 Å². The molecule has 0 aliphatic carbocycles. The van der Waals surface area contributed by atoms with Crippen LogP contribution in [0.1, 0.15) is 11.1 Å². The van der Waals surface area contributed by atoms with Gasteiger partial charge in [0.1, 0.15) is 17.3 Å². The van der Waals surface area contributed by atoms with Gasteiger partial charge in [-0.15, -0.1) is 0 Å². The number of pyridine rings is 1. The van der Waals surface area contributed by atoms with Crippen LogP contribution in [-0.4, -0.2) is 17.1 Å². The Morgan fingerprint density at radius 3 is 2.47 bits per heavy atom. The predicted molar refractivity (Wildman–Crippen MR) is 77.5 cm³/mol. The highest BCUT2D eigenvalue weighted by Crippen LogP contribution is 2.14. The van der Waals surface area contributed by atoms with Crippen molar-refractivity contribution in [1.82, 2.24) is 4.98 Å². The molecule has 19 heavy (non-hydrogen) atoms. The Bertz CT molecular complexity index is 553. The van der Waals surface area contributed by atoms with Crippen molar-refractivity contribution in [2.75, 3.05) is 7.11 Å². The monoisotopic (exact) mass is 274 g/mol. The number of rotatable bonds is 5. The number of nitrogens with two attached hydrogens (primary N) is 1. The molecule has 2 aromatic rings. The van der Waals surface area contributed by atoms with E-state index in [-0.39, 0.29) is 0 Å². The van der Waals surface area contributed by atoms with Crippen LogP contribution >= 0.6 is 12.2 Å². The average Bonchev–Trinajstić information content (AvgIpc) is 2.46. The zero-order chi connectivity index (χ0) is 13.7. The van der Waals surface area contributed by atoms with E-state index in [1.165, 1.54) is 0 Å². The molecular formula is C14H14N2O2S. The van der Waals surface area contributed by atoms with Crippen LogP contribution in [0.2, 0.25) is 0 Å². The van der Waals surface area contributed by atoms with Gasteiger partial charge in [0.15, 0.2) is 0 Å². The first-order valence-corrected chi connectivity index (χ1v) is 6.11. The molecule has 5 heteroatoms. The molecule has 0 radical (unpaired) electrons. The van der Waals surface area contributed by atoms with Gasteiger partial charge in [0.05, 0.1) is 7.11 Å². The van der Waals surface area contributed by atoms with Crippen molar-refractivity contribution < 1.29 is 9.47 Å². The number of hydrogen-bond acceptors (Lipinski definition) is 4. The minimum Gasteiger partial charge on any atom is -0.497 e. The van der Waals surface area contributed by atoms with E-state index in [0.29, 0.717) is 17.5 Å². The largest absolute Gasteiger partial charge is 0.497 e. The van der Waals surface area contributed by atoms with Gasteiger partial charge in [-0.3, -0.25) is 0 Å². The first-order chi connectivity index (χ1) is 9.19. The highest BCUT2D eigenvalue weighted by Gasteiger charge is 2.00. The lowest BCUT2D eigenvalue weighted by molar-refractivity contribution is 0.293. The summed E-state index contributed by atoms with van der Waals surface area (Å²) in [4.78, 5) is 4.46. The maximum Gasteiger partial charge on any atom is 0.213 e. The van der Waals surface area contributed by atoms with E-state index in [1.54, 1.807) is 25.4 Å². The van der Waals surface area contributed by atoms with Crippen LogP contribution < -0.4 is 15.2 Å². The Labute approximate surface area is 117 Å². The second-order valence-corrected chi connectivity index (χ2v) is 4.33. The molecule has 0 unspecified atom stereocenters. The van der Waals surface area contributed by atoms with Crippen LogP contribution in [0.5, 0.6) is 11.6 Å². The Morgan fingerprint density at radius 1 is 1.21 bits per heavy atom. The van der Waals surface area contributed by atoms with Crippen LogP contribution in [0.25, 0.3) is 0 Å². The molecule has 1 heterocycles. The number of ether oxygens (including phenoxy) is 2. The smallest absolute Gasteiger partial charge is 0.213 e. The Morgan fingerprint density at radius 2 is 1.95 bits per heavy atom. The normalized spacial score (nSPS) is 9.95. The number of aromatic nitrogens is 1. The lowest BCUT2D eigenvalue weighted by Crippen LogP contribution is -2.09. The summed E-state index contributed by atoms with van der Waals surface area (Å²) >= 11 is 4.86. The fraction of sp³-hybridized carbons (Fsp3) is 0.143. The summed E-state index contributed by atoms with van der Waals surface area (Å²) in [6, 6.07) is 11.2. The van der Waals surface area contributed by atoms with Gasteiger partial charge in [-0.2, -0.15) is 0 Å². The third-order valence-corrected chi connectivity index (χ3v) is 2.80.